The van der Waals surface area contributed by atoms with Crippen LogP contribution in [0.5, 0.6) is 0 Å². The number of hydrogen-bond acceptors (Lipinski definition) is 4. The molecule has 0 heterocycles. The monoisotopic (exact) mass is 312 g/mol. The van der Waals surface area contributed by atoms with Gasteiger partial charge in [-0.1, -0.05) is 0 Å². The minimum atomic E-state index is -1.74. The highest BCUT2D eigenvalue weighted by molar-refractivity contribution is 7.84. The Balaban J connectivity index is 2.31. The summed E-state index contributed by atoms with van der Waals surface area (Å²) in [6.07, 6.45) is 0. The lowest BCUT2D eigenvalue weighted by molar-refractivity contribution is -0.385. The number of anilines is 1. The van der Waals surface area contributed by atoms with E-state index in [1.54, 1.807) is 0 Å². The second kappa shape index (κ2) is 5.96. The molecule has 0 aliphatic heterocycles. The van der Waals surface area contributed by atoms with Crippen LogP contribution in [0, 0.1) is 21.7 Å². The zero-order valence-corrected chi connectivity index (χ0v) is 11.4. The summed E-state index contributed by atoms with van der Waals surface area (Å²) in [5, 5.41) is 10.7. The van der Waals surface area contributed by atoms with Gasteiger partial charge in [-0.15, -0.1) is 0 Å². The van der Waals surface area contributed by atoms with E-state index in [1.807, 2.05) is 0 Å². The number of hydrogen-bond donors (Lipinski definition) is 1. The molecule has 0 radical (unpaired) electrons. The van der Waals surface area contributed by atoms with Crippen LogP contribution in [0.2, 0.25) is 0 Å². The number of nitro benzene ring substituents is 1. The van der Waals surface area contributed by atoms with Gasteiger partial charge >= 0.3 is 0 Å². The first-order valence-corrected chi connectivity index (χ1v) is 7.06. The maximum absolute atomic E-state index is 13.3. The number of nitrogens with two attached hydrogens (primary N) is 1. The third kappa shape index (κ3) is 3.60. The third-order valence-corrected chi connectivity index (χ3v) is 4.11. The first-order chi connectivity index (χ1) is 9.86. The van der Waals surface area contributed by atoms with Gasteiger partial charge in [0.05, 0.1) is 32.4 Å². The normalized spacial score (nSPS) is 12.1. The first kappa shape index (κ1) is 15.0. The molecule has 8 heteroatoms. The number of nitro groups is 1. The Hall–Kier alpha value is -2.35. The van der Waals surface area contributed by atoms with Crippen molar-refractivity contribution in [1.29, 1.82) is 0 Å². The predicted molar refractivity (Wildman–Crippen MR) is 74.0 cm³/mol. The van der Waals surface area contributed by atoms with Crippen LogP contribution >= 0.6 is 0 Å². The Morgan fingerprint density at radius 1 is 1.14 bits per heavy atom. The van der Waals surface area contributed by atoms with Crippen molar-refractivity contribution in [2.45, 2.75) is 10.6 Å². The molecule has 0 spiro atoms. The molecule has 110 valence electrons. The van der Waals surface area contributed by atoms with Gasteiger partial charge < -0.3 is 5.73 Å². The molecule has 0 saturated carbocycles. The van der Waals surface area contributed by atoms with Crippen molar-refractivity contribution in [1.82, 2.24) is 0 Å². The van der Waals surface area contributed by atoms with Gasteiger partial charge in [-0.05, 0) is 29.8 Å². The van der Waals surface area contributed by atoms with Crippen LogP contribution in [0.1, 0.15) is 5.56 Å². The van der Waals surface area contributed by atoms with Crippen molar-refractivity contribution in [3.8, 4) is 0 Å². The lowest BCUT2D eigenvalue weighted by Gasteiger charge is -2.06. The third-order valence-electron chi connectivity index (χ3n) is 2.67. The average Bonchev–Trinajstić information content (AvgIpc) is 2.40. The van der Waals surface area contributed by atoms with Crippen LogP contribution in [0.4, 0.5) is 20.2 Å². The topological polar surface area (TPSA) is 86.2 Å². The van der Waals surface area contributed by atoms with Crippen molar-refractivity contribution >= 4 is 22.2 Å². The van der Waals surface area contributed by atoms with E-state index in [0.29, 0.717) is 0 Å². The van der Waals surface area contributed by atoms with Gasteiger partial charge in [-0.2, -0.15) is 0 Å². The van der Waals surface area contributed by atoms with E-state index in [9.17, 15) is 23.1 Å². The van der Waals surface area contributed by atoms with Crippen molar-refractivity contribution in [3.05, 3.63) is 63.7 Å². The number of nitrogens with zero attached hydrogens (tertiary/aromatic N) is 1. The molecule has 2 aromatic carbocycles. The lowest BCUT2D eigenvalue weighted by Crippen LogP contribution is -2.02. The Bertz CT molecular complexity index is 737. The summed E-state index contributed by atoms with van der Waals surface area (Å²) in [7, 11) is -1.74. The van der Waals surface area contributed by atoms with Gasteiger partial charge in [0.15, 0.2) is 0 Å². The van der Waals surface area contributed by atoms with Gasteiger partial charge in [0, 0.05) is 11.8 Å². The molecule has 0 bridgehead atoms. The second-order valence-corrected chi connectivity index (χ2v) is 5.67. The molecular formula is C13H10F2N2O3S. The molecule has 0 amide bonds. The molecule has 0 aliphatic carbocycles. The van der Waals surface area contributed by atoms with Gasteiger partial charge in [-0.25, -0.2) is 8.78 Å². The largest absolute Gasteiger partial charge is 0.398 e. The van der Waals surface area contributed by atoms with Gasteiger partial charge in [-0.3, -0.25) is 14.3 Å². The molecule has 0 saturated heterocycles. The standard InChI is InChI=1S/C13H10F2N2O3S/c14-9-1-2-12(16)13(6-9)21(20)7-8-3-10(15)5-11(4-8)17(18)19/h1-6H,7,16H2. The molecule has 0 aliphatic rings. The lowest BCUT2D eigenvalue weighted by atomic mass is 10.2. The van der Waals surface area contributed by atoms with Crippen LogP contribution in [0.25, 0.3) is 0 Å². The molecule has 1 atom stereocenters. The maximum atomic E-state index is 13.3. The highest BCUT2D eigenvalue weighted by Crippen LogP contribution is 2.23. The zero-order valence-electron chi connectivity index (χ0n) is 10.6. The van der Waals surface area contributed by atoms with Crippen LogP contribution in [0.15, 0.2) is 41.3 Å². The van der Waals surface area contributed by atoms with E-state index < -0.39 is 33.0 Å². The number of rotatable bonds is 4. The Kier molecular flexibility index (Phi) is 4.27. The zero-order chi connectivity index (χ0) is 15.6. The smallest absolute Gasteiger partial charge is 0.272 e. The molecule has 0 fully saturated rings. The fourth-order valence-electron chi connectivity index (χ4n) is 1.76. The highest BCUT2D eigenvalue weighted by Gasteiger charge is 2.14. The molecule has 0 aromatic heterocycles. The van der Waals surface area contributed by atoms with Gasteiger partial charge in [0.1, 0.15) is 11.6 Å². The number of nitrogen functional groups attached to an aromatic ring is 1. The fourth-order valence-corrected chi connectivity index (χ4v) is 2.96. The van der Waals surface area contributed by atoms with E-state index in [2.05, 4.69) is 0 Å². The Morgan fingerprint density at radius 2 is 1.86 bits per heavy atom. The van der Waals surface area contributed by atoms with E-state index in [0.717, 1.165) is 30.3 Å². The van der Waals surface area contributed by atoms with E-state index in [1.165, 1.54) is 6.07 Å². The van der Waals surface area contributed by atoms with Crippen LogP contribution < -0.4 is 5.73 Å². The summed E-state index contributed by atoms with van der Waals surface area (Å²) in [5.41, 5.74) is 5.48. The number of halogens is 2. The van der Waals surface area contributed by atoms with E-state index in [4.69, 9.17) is 5.73 Å². The predicted octanol–water partition coefficient (Wildman–Crippen LogP) is 2.76. The summed E-state index contributed by atoms with van der Waals surface area (Å²) >= 11 is 0. The summed E-state index contributed by atoms with van der Waals surface area (Å²) in [6, 6.07) is 6.36. The molecule has 1 unspecified atom stereocenters. The van der Waals surface area contributed by atoms with Crippen molar-refractivity contribution in [3.63, 3.8) is 0 Å². The van der Waals surface area contributed by atoms with E-state index in [-0.39, 0.29) is 21.9 Å². The highest BCUT2D eigenvalue weighted by atomic mass is 32.2. The quantitative estimate of drug-likeness (QED) is 0.534. The van der Waals surface area contributed by atoms with E-state index >= 15 is 0 Å². The number of non-ortho nitro benzene ring substituents is 1. The minimum Gasteiger partial charge on any atom is -0.398 e. The van der Waals surface area contributed by atoms with Crippen LogP contribution in [-0.2, 0) is 16.6 Å². The van der Waals surface area contributed by atoms with Crippen LogP contribution in [0.3, 0.4) is 0 Å². The van der Waals surface area contributed by atoms with Crippen molar-refractivity contribution < 1.29 is 17.9 Å². The molecular weight excluding hydrogens is 302 g/mol. The molecule has 5 nitrogen and oxygen atoms in total. The fraction of sp³-hybridized carbons (Fsp3) is 0.0769. The first-order valence-electron chi connectivity index (χ1n) is 5.74. The summed E-state index contributed by atoms with van der Waals surface area (Å²) < 4.78 is 38.6. The van der Waals surface area contributed by atoms with Gasteiger partial charge in [0.25, 0.3) is 5.69 Å². The van der Waals surface area contributed by atoms with Crippen molar-refractivity contribution in [2.24, 2.45) is 0 Å². The molecule has 21 heavy (non-hydrogen) atoms. The molecule has 2 aromatic rings. The van der Waals surface area contributed by atoms with Crippen molar-refractivity contribution in [2.75, 3.05) is 5.73 Å². The second-order valence-electron chi connectivity index (χ2n) is 4.25. The maximum Gasteiger partial charge on any atom is 0.272 e. The summed E-state index contributed by atoms with van der Waals surface area (Å²) in [5.74, 6) is -1.60. The molecule has 2 N–H and O–H groups in total. The SMILES string of the molecule is Nc1ccc(F)cc1S(=O)Cc1cc(F)cc([N+](=O)[O-])c1. The Labute approximate surface area is 121 Å². The summed E-state index contributed by atoms with van der Waals surface area (Å²) in [6.45, 7) is 0. The Morgan fingerprint density at radius 3 is 2.52 bits per heavy atom. The molecule has 2 rings (SSSR count). The summed E-state index contributed by atoms with van der Waals surface area (Å²) in [4.78, 5) is 9.98. The minimum absolute atomic E-state index is 0.0712. The average molecular weight is 312 g/mol. The van der Waals surface area contributed by atoms with Crippen LogP contribution in [-0.4, -0.2) is 9.13 Å². The van der Waals surface area contributed by atoms with Gasteiger partial charge in [0.2, 0.25) is 0 Å². The number of benzene rings is 2.